The van der Waals surface area contributed by atoms with Crippen LogP contribution in [0.4, 0.5) is 0 Å². The molecule has 1 N–H and O–H groups in total. The fourth-order valence-corrected chi connectivity index (χ4v) is 2.13. The number of nitrogens with one attached hydrogen (secondary N) is 1. The molecule has 1 heterocycles. The van der Waals surface area contributed by atoms with Gasteiger partial charge in [0.1, 0.15) is 0 Å². The molecule has 0 spiro atoms. The standard InChI is InChI=1S/C15H25ClN2O/c1-5-8-17-10-14-13(16)6-7-15(18-14)19-12(4)9-11(2)3/h6-7,11-12,17H,5,8-10H2,1-4H3. The Hall–Kier alpha value is -0.800. The highest BCUT2D eigenvalue weighted by Crippen LogP contribution is 2.20. The van der Waals surface area contributed by atoms with Crippen LogP contribution in [0, 0.1) is 5.92 Å². The van der Waals surface area contributed by atoms with Crippen LogP contribution < -0.4 is 10.1 Å². The van der Waals surface area contributed by atoms with E-state index in [1.165, 1.54) is 0 Å². The van der Waals surface area contributed by atoms with Gasteiger partial charge in [-0.25, -0.2) is 4.98 Å². The Bertz CT molecular complexity index is 382. The summed E-state index contributed by atoms with van der Waals surface area (Å²) < 4.78 is 5.83. The summed E-state index contributed by atoms with van der Waals surface area (Å²) in [6.45, 7) is 10.2. The second-order valence-electron chi connectivity index (χ2n) is 5.31. The molecular weight excluding hydrogens is 260 g/mol. The summed E-state index contributed by atoms with van der Waals surface area (Å²) in [5.74, 6) is 1.28. The number of aromatic nitrogens is 1. The van der Waals surface area contributed by atoms with E-state index in [9.17, 15) is 0 Å². The highest BCUT2D eigenvalue weighted by atomic mass is 35.5. The van der Waals surface area contributed by atoms with E-state index in [4.69, 9.17) is 16.3 Å². The SMILES string of the molecule is CCCNCc1nc(OC(C)CC(C)C)ccc1Cl. The fraction of sp³-hybridized carbons (Fsp3) is 0.667. The van der Waals surface area contributed by atoms with Crippen molar-refractivity contribution >= 4 is 11.6 Å². The van der Waals surface area contributed by atoms with Crippen LogP contribution in [0.15, 0.2) is 12.1 Å². The Labute approximate surface area is 121 Å². The molecule has 1 atom stereocenters. The van der Waals surface area contributed by atoms with E-state index in [0.717, 1.165) is 25.1 Å². The maximum atomic E-state index is 6.14. The molecule has 0 saturated carbocycles. The zero-order valence-electron chi connectivity index (χ0n) is 12.4. The monoisotopic (exact) mass is 284 g/mol. The minimum atomic E-state index is 0.171. The van der Waals surface area contributed by atoms with Crippen molar-refractivity contribution in [3.8, 4) is 5.88 Å². The number of hydrogen-bond donors (Lipinski definition) is 1. The maximum Gasteiger partial charge on any atom is 0.213 e. The third-order valence-electron chi connectivity index (χ3n) is 2.74. The van der Waals surface area contributed by atoms with Gasteiger partial charge in [-0.15, -0.1) is 0 Å². The Kier molecular flexibility index (Phi) is 7.17. The second-order valence-corrected chi connectivity index (χ2v) is 5.72. The summed E-state index contributed by atoms with van der Waals surface area (Å²) in [4.78, 5) is 4.47. The molecule has 1 aromatic heterocycles. The zero-order valence-corrected chi connectivity index (χ0v) is 13.1. The maximum absolute atomic E-state index is 6.14. The quantitative estimate of drug-likeness (QED) is 0.731. The van der Waals surface area contributed by atoms with Gasteiger partial charge in [-0.2, -0.15) is 0 Å². The molecule has 4 heteroatoms. The van der Waals surface area contributed by atoms with E-state index in [0.29, 0.717) is 23.4 Å². The van der Waals surface area contributed by atoms with E-state index in [-0.39, 0.29) is 6.10 Å². The highest BCUT2D eigenvalue weighted by molar-refractivity contribution is 6.31. The van der Waals surface area contributed by atoms with Crippen molar-refractivity contribution in [1.29, 1.82) is 0 Å². The summed E-state index contributed by atoms with van der Waals surface area (Å²) in [5.41, 5.74) is 0.851. The molecular formula is C15H25ClN2O. The lowest BCUT2D eigenvalue weighted by Crippen LogP contribution is -2.17. The average Bonchev–Trinajstić information content (AvgIpc) is 2.32. The van der Waals surface area contributed by atoms with Crippen LogP contribution >= 0.6 is 11.6 Å². The predicted octanol–water partition coefficient (Wildman–Crippen LogP) is 4.05. The summed E-state index contributed by atoms with van der Waals surface area (Å²) in [6, 6.07) is 3.69. The van der Waals surface area contributed by atoms with Gasteiger partial charge in [0.2, 0.25) is 5.88 Å². The number of ether oxygens (including phenoxy) is 1. The molecule has 0 aliphatic carbocycles. The summed E-state index contributed by atoms with van der Waals surface area (Å²) in [6.07, 6.45) is 2.29. The summed E-state index contributed by atoms with van der Waals surface area (Å²) >= 11 is 6.14. The van der Waals surface area contributed by atoms with Gasteiger partial charge in [0.05, 0.1) is 16.8 Å². The van der Waals surface area contributed by atoms with Gasteiger partial charge in [-0.05, 0) is 38.3 Å². The summed E-state index contributed by atoms with van der Waals surface area (Å²) in [5, 5.41) is 3.99. The molecule has 3 nitrogen and oxygen atoms in total. The molecule has 0 fully saturated rings. The lowest BCUT2D eigenvalue weighted by molar-refractivity contribution is 0.185. The van der Waals surface area contributed by atoms with Crippen molar-refractivity contribution < 1.29 is 4.74 Å². The summed E-state index contributed by atoms with van der Waals surface area (Å²) in [7, 11) is 0. The molecule has 0 bridgehead atoms. The number of pyridine rings is 1. The van der Waals surface area contributed by atoms with Crippen LogP contribution in [0.1, 0.15) is 46.2 Å². The van der Waals surface area contributed by atoms with Crippen molar-refractivity contribution in [2.75, 3.05) is 6.54 Å². The first-order valence-corrected chi connectivity index (χ1v) is 7.43. The predicted molar refractivity (Wildman–Crippen MR) is 80.8 cm³/mol. The Balaban J connectivity index is 2.61. The van der Waals surface area contributed by atoms with Crippen LogP contribution in [0.3, 0.4) is 0 Å². The number of hydrogen-bond acceptors (Lipinski definition) is 3. The topological polar surface area (TPSA) is 34.2 Å². The molecule has 0 aliphatic heterocycles. The minimum absolute atomic E-state index is 0.171. The van der Waals surface area contributed by atoms with Gasteiger partial charge < -0.3 is 10.1 Å². The lowest BCUT2D eigenvalue weighted by Gasteiger charge is -2.16. The lowest BCUT2D eigenvalue weighted by atomic mass is 10.1. The Morgan fingerprint density at radius 1 is 1.32 bits per heavy atom. The Morgan fingerprint density at radius 3 is 2.68 bits per heavy atom. The molecule has 1 unspecified atom stereocenters. The van der Waals surface area contributed by atoms with Gasteiger partial charge in [-0.3, -0.25) is 0 Å². The fourth-order valence-electron chi connectivity index (χ4n) is 1.96. The first kappa shape index (κ1) is 16.3. The average molecular weight is 285 g/mol. The van der Waals surface area contributed by atoms with Gasteiger partial charge >= 0.3 is 0 Å². The third-order valence-corrected chi connectivity index (χ3v) is 3.08. The smallest absolute Gasteiger partial charge is 0.213 e. The minimum Gasteiger partial charge on any atom is -0.475 e. The molecule has 0 amide bonds. The first-order chi connectivity index (χ1) is 9.02. The zero-order chi connectivity index (χ0) is 14.3. The Morgan fingerprint density at radius 2 is 2.05 bits per heavy atom. The van der Waals surface area contributed by atoms with Crippen molar-refractivity contribution in [2.24, 2.45) is 5.92 Å². The molecule has 0 radical (unpaired) electrons. The van der Waals surface area contributed by atoms with Crippen LogP contribution in [0.5, 0.6) is 5.88 Å². The first-order valence-electron chi connectivity index (χ1n) is 7.05. The molecule has 0 aromatic carbocycles. The van der Waals surface area contributed by atoms with Crippen molar-refractivity contribution in [2.45, 2.75) is 53.2 Å². The van der Waals surface area contributed by atoms with Crippen molar-refractivity contribution in [1.82, 2.24) is 10.3 Å². The van der Waals surface area contributed by atoms with Crippen LogP contribution in [0.25, 0.3) is 0 Å². The van der Waals surface area contributed by atoms with Crippen LogP contribution in [-0.2, 0) is 6.54 Å². The van der Waals surface area contributed by atoms with Crippen molar-refractivity contribution in [3.63, 3.8) is 0 Å². The number of halogens is 1. The molecule has 1 rings (SSSR count). The van der Waals surface area contributed by atoms with E-state index in [1.807, 2.05) is 12.1 Å². The number of rotatable bonds is 8. The highest BCUT2D eigenvalue weighted by Gasteiger charge is 2.09. The molecule has 1 aromatic rings. The largest absolute Gasteiger partial charge is 0.475 e. The van der Waals surface area contributed by atoms with Crippen LogP contribution in [0.2, 0.25) is 5.02 Å². The number of nitrogens with zero attached hydrogens (tertiary/aromatic N) is 1. The third kappa shape index (κ3) is 6.26. The van der Waals surface area contributed by atoms with E-state index in [2.05, 4.69) is 38.0 Å². The molecule has 0 saturated heterocycles. The normalized spacial score (nSPS) is 12.7. The second kappa shape index (κ2) is 8.39. The van der Waals surface area contributed by atoms with Crippen LogP contribution in [-0.4, -0.2) is 17.6 Å². The van der Waals surface area contributed by atoms with Gasteiger partial charge in [0, 0.05) is 12.6 Å². The molecule has 0 aliphatic rings. The van der Waals surface area contributed by atoms with E-state index >= 15 is 0 Å². The van der Waals surface area contributed by atoms with Gasteiger partial charge in [0.25, 0.3) is 0 Å². The van der Waals surface area contributed by atoms with E-state index < -0.39 is 0 Å². The molecule has 19 heavy (non-hydrogen) atoms. The van der Waals surface area contributed by atoms with Gasteiger partial charge in [0.15, 0.2) is 0 Å². The molecule has 108 valence electrons. The van der Waals surface area contributed by atoms with E-state index in [1.54, 1.807) is 0 Å². The van der Waals surface area contributed by atoms with Crippen molar-refractivity contribution in [3.05, 3.63) is 22.8 Å². The van der Waals surface area contributed by atoms with Gasteiger partial charge in [-0.1, -0.05) is 32.4 Å².